The van der Waals surface area contributed by atoms with Crippen molar-refractivity contribution in [1.82, 2.24) is 0 Å². The predicted octanol–water partition coefficient (Wildman–Crippen LogP) is 28.3. The van der Waals surface area contributed by atoms with Gasteiger partial charge in [-0.1, -0.05) is 337 Å². The van der Waals surface area contributed by atoms with Gasteiger partial charge in [0.1, 0.15) is 0 Å². The van der Waals surface area contributed by atoms with Gasteiger partial charge in [-0.3, -0.25) is 0 Å². The maximum Gasteiger partial charge on any atom is 0.0488 e. The number of hydrogen-bond donors (Lipinski definition) is 0. The third-order valence-electron chi connectivity index (χ3n) is 22.1. The lowest BCUT2D eigenvalue weighted by atomic mass is 9.82. The van der Waals surface area contributed by atoms with Gasteiger partial charge in [-0.15, -0.1) is 0 Å². The average molecular weight is 1390 g/mol. The Balaban J connectivity index is 0.000000125. The molecular weight excluding hydrogens is 1300 g/mol. The van der Waals surface area contributed by atoms with Gasteiger partial charge >= 0.3 is 0 Å². The molecule has 16 aromatic carbocycles. The molecule has 0 spiro atoms. The molecule has 0 amide bonds. The van der Waals surface area contributed by atoms with E-state index in [1.807, 2.05) is 0 Å². The molecule has 0 unspecified atom stereocenters. The average Bonchev–Trinajstić information content (AvgIpc) is 1.58. The molecule has 522 valence electrons. The third kappa shape index (κ3) is 14.0. The Hall–Kier alpha value is -13.1. The summed E-state index contributed by atoms with van der Waals surface area (Å²) in [6.07, 6.45) is 0. The van der Waals surface area contributed by atoms with Crippen LogP contribution in [0.3, 0.4) is 0 Å². The van der Waals surface area contributed by atoms with Crippen LogP contribution in [0.5, 0.6) is 0 Å². The quantitative estimate of drug-likeness (QED) is 0.107. The van der Waals surface area contributed by atoms with Gasteiger partial charge in [-0.05, 0) is 213 Å². The zero-order valence-corrected chi connectivity index (χ0v) is 62.4. The minimum atomic E-state index is -0.0117. The lowest BCUT2D eigenvalue weighted by Crippen LogP contribution is -2.16. The highest BCUT2D eigenvalue weighted by Gasteiger charge is 2.37. The molecule has 0 saturated heterocycles. The molecule has 0 heterocycles. The molecule has 108 heavy (non-hydrogen) atoms. The molecule has 0 fully saturated rings. The molecule has 16 aromatic rings. The van der Waals surface area contributed by atoms with Crippen LogP contribution in [-0.4, -0.2) is 21.1 Å². The molecule has 0 bridgehead atoms. The van der Waals surface area contributed by atoms with E-state index < -0.39 is 0 Å². The molecule has 0 atom stereocenters. The first-order valence-electron chi connectivity index (χ1n) is 37.5. The third-order valence-corrected chi connectivity index (χ3v) is 22.1. The van der Waals surface area contributed by atoms with Crippen LogP contribution >= 0.6 is 0 Å². The summed E-state index contributed by atoms with van der Waals surface area (Å²) in [6.45, 7) is 9.35. The summed E-state index contributed by atoms with van der Waals surface area (Å²) in [5.41, 5.74) is 37.7. The number of benzene rings is 16. The van der Waals surface area contributed by atoms with Crippen LogP contribution in [0.25, 0.3) is 111 Å². The predicted molar refractivity (Wildman–Crippen MR) is 461 cm³/mol. The van der Waals surface area contributed by atoms with Crippen LogP contribution < -0.4 is 14.7 Å². The largest absolute Gasteiger partial charge is 0.345 e. The highest BCUT2D eigenvalue weighted by molar-refractivity contribution is 5.91. The van der Waals surface area contributed by atoms with Gasteiger partial charge in [0.15, 0.2) is 0 Å². The first-order valence-corrected chi connectivity index (χ1v) is 37.5. The van der Waals surface area contributed by atoms with Gasteiger partial charge in [-0.2, -0.15) is 0 Å². The van der Waals surface area contributed by atoms with Crippen LogP contribution in [0, 0.1) is 0 Å². The Bertz CT molecular complexity index is 5740. The molecule has 0 aliphatic heterocycles. The number of fused-ring (bicyclic) bond motifs is 6. The normalized spacial score (nSPS) is 12.4. The summed E-state index contributed by atoms with van der Waals surface area (Å²) in [4.78, 5) is 6.89. The van der Waals surface area contributed by atoms with Crippen molar-refractivity contribution in [3.05, 3.63) is 423 Å². The van der Waals surface area contributed by atoms with E-state index in [0.29, 0.717) is 0 Å². The van der Waals surface area contributed by atoms with Crippen molar-refractivity contribution >= 4 is 34.1 Å². The van der Waals surface area contributed by atoms with E-state index in [4.69, 9.17) is 0 Å². The summed E-state index contributed by atoms with van der Waals surface area (Å²) in [5.74, 6) is 0. The van der Waals surface area contributed by atoms with Crippen molar-refractivity contribution in [3.63, 3.8) is 0 Å². The lowest BCUT2D eigenvalue weighted by Gasteiger charge is -2.27. The zero-order valence-electron chi connectivity index (χ0n) is 62.4. The summed E-state index contributed by atoms with van der Waals surface area (Å²) >= 11 is 0. The Morgan fingerprint density at radius 3 is 0.759 bits per heavy atom. The smallest absolute Gasteiger partial charge is 0.0488 e. The van der Waals surface area contributed by atoms with Crippen LogP contribution in [0.1, 0.15) is 49.9 Å². The summed E-state index contributed by atoms with van der Waals surface area (Å²) in [5, 5.41) is 0. The summed E-state index contributed by atoms with van der Waals surface area (Å²) in [6, 6.07) is 144. The molecule has 0 N–H and O–H groups in total. The van der Waals surface area contributed by atoms with E-state index in [2.05, 4.69) is 464 Å². The second kappa shape index (κ2) is 30.2. The number of nitrogens with zero attached hydrogens (tertiary/aromatic N) is 3. The van der Waals surface area contributed by atoms with Crippen LogP contribution in [0.2, 0.25) is 0 Å². The molecular formula is C105H87N3. The molecule has 3 nitrogen and oxygen atoms in total. The van der Waals surface area contributed by atoms with Crippen molar-refractivity contribution in [1.29, 1.82) is 0 Å². The first kappa shape index (κ1) is 69.3. The van der Waals surface area contributed by atoms with Crippen LogP contribution in [0.4, 0.5) is 34.1 Å². The van der Waals surface area contributed by atoms with Gasteiger partial charge in [0.2, 0.25) is 0 Å². The van der Waals surface area contributed by atoms with Crippen molar-refractivity contribution in [2.45, 2.75) is 38.5 Å². The maximum absolute atomic E-state index is 2.38. The minimum absolute atomic E-state index is 0.00708. The number of rotatable bonds is 14. The van der Waals surface area contributed by atoms with Crippen molar-refractivity contribution in [2.24, 2.45) is 0 Å². The monoisotopic (exact) mass is 1390 g/mol. The van der Waals surface area contributed by atoms with Gasteiger partial charge in [0, 0.05) is 77.2 Å². The number of hydrogen-bond acceptors (Lipinski definition) is 3. The molecule has 18 rings (SSSR count). The Morgan fingerprint density at radius 1 is 0.157 bits per heavy atom. The second-order valence-electron chi connectivity index (χ2n) is 29.4. The van der Waals surface area contributed by atoms with Crippen molar-refractivity contribution < 1.29 is 0 Å². The molecule has 2 aliphatic rings. The van der Waals surface area contributed by atoms with Crippen molar-refractivity contribution in [3.8, 4) is 111 Å². The highest BCUT2D eigenvalue weighted by Crippen LogP contribution is 2.52. The van der Waals surface area contributed by atoms with E-state index in [0.717, 1.165) is 5.69 Å². The van der Waals surface area contributed by atoms with Gasteiger partial charge in [0.05, 0.1) is 0 Å². The van der Waals surface area contributed by atoms with Gasteiger partial charge in [0.25, 0.3) is 0 Å². The highest BCUT2D eigenvalue weighted by atomic mass is 15.1. The topological polar surface area (TPSA) is 9.72 Å². The van der Waals surface area contributed by atoms with E-state index in [1.165, 1.54) is 162 Å². The van der Waals surface area contributed by atoms with E-state index in [-0.39, 0.29) is 10.8 Å². The lowest BCUT2D eigenvalue weighted by molar-refractivity contribution is 0.660. The Morgan fingerprint density at radius 2 is 0.398 bits per heavy atom. The van der Waals surface area contributed by atoms with Gasteiger partial charge < -0.3 is 14.7 Å². The van der Waals surface area contributed by atoms with Crippen LogP contribution in [0.15, 0.2) is 400 Å². The molecule has 2 aliphatic carbocycles. The minimum Gasteiger partial charge on any atom is -0.345 e. The maximum atomic E-state index is 2.38. The molecule has 0 saturated carbocycles. The van der Waals surface area contributed by atoms with Crippen molar-refractivity contribution in [2.75, 3.05) is 35.8 Å². The first-order chi connectivity index (χ1) is 52.8. The van der Waals surface area contributed by atoms with E-state index >= 15 is 0 Å². The Kier molecular flexibility index (Phi) is 19.4. The fourth-order valence-corrected chi connectivity index (χ4v) is 16.0. The zero-order chi connectivity index (χ0) is 73.7. The van der Waals surface area contributed by atoms with E-state index in [9.17, 15) is 0 Å². The summed E-state index contributed by atoms with van der Waals surface area (Å²) < 4.78 is 0. The fraction of sp³-hybridized carbons (Fsp3) is 0.0857. The van der Waals surface area contributed by atoms with Gasteiger partial charge in [-0.25, -0.2) is 0 Å². The summed E-state index contributed by atoms with van der Waals surface area (Å²) in [7, 11) is 6.48. The molecule has 0 aromatic heterocycles. The Labute approximate surface area is 638 Å². The fourth-order valence-electron chi connectivity index (χ4n) is 16.0. The molecule has 3 heteroatoms. The van der Waals surface area contributed by atoms with Crippen LogP contribution in [-0.2, 0) is 10.8 Å². The standard InChI is InChI=1S/C40H33N.C34H29N.C31H25N/c1-40(2)38-17-11-10-16-36(38)37-23-22-35(27-39(37)40)41(3)34-20-18-30(19-21-34)33-25-31(28-12-6-4-7-13-28)24-32(26-33)29-14-8-5-9-15-29;1-34(2)31-17-11-10-16-28(31)29-20-19-27(23-32(29)34)35(3)33-21-18-26(24-12-6-4-7-13-24)22-30(33)25-14-8-5-9-15-25;1-32(29-20-17-26(18-21-29)24-11-5-2-6-12-24)31-22-19-28(25-13-7-3-8-14-25)23-30(31)27-15-9-4-10-16-27/h4-27H,1-3H3;4-23H,1-3H3;2-23H,1H3. The van der Waals surface area contributed by atoms with E-state index in [1.54, 1.807) is 0 Å². The SMILES string of the molecule is CN(c1ccc(-c2cc(-c3ccccc3)cc(-c3ccccc3)c2)cc1)c1ccc2c(c1)C(C)(C)c1ccccc1-2.CN(c1ccc(-c2ccccc2)cc1)c1ccc(-c2ccccc2)cc1-c1ccccc1.CN(c1ccc2c(c1)C(C)(C)c1ccccc1-2)c1ccc(-c2ccccc2)cc1-c1ccccc1. The molecule has 0 radical (unpaired) electrons. The number of anilines is 6. The second-order valence-corrected chi connectivity index (χ2v) is 29.4.